The first-order valence-corrected chi connectivity index (χ1v) is 6.59. The van der Waals surface area contributed by atoms with Gasteiger partial charge in [-0.2, -0.15) is 0 Å². The molecule has 1 atom stereocenters. The Hall–Kier alpha value is -2.84. The van der Waals surface area contributed by atoms with E-state index < -0.39 is 38.5 Å². The first-order valence-electron chi connectivity index (χ1n) is 6.59. The van der Waals surface area contributed by atoms with Crippen LogP contribution < -0.4 is 5.32 Å². The van der Waals surface area contributed by atoms with Gasteiger partial charge in [0.05, 0.1) is 21.3 Å². The molecule has 0 spiro atoms. The number of carbonyl (C=O) groups is 2. The molecule has 2 rings (SSSR count). The summed E-state index contributed by atoms with van der Waals surface area (Å²) in [7, 11) is 0. The van der Waals surface area contributed by atoms with Gasteiger partial charge in [0.2, 0.25) is 11.8 Å². The van der Waals surface area contributed by atoms with Gasteiger partial charge in [0.25, 0.3) is 11.4 Å². The minimum absolute atomic E-state index is 0.0794. The fraction of sp³-hybridized carbons (Fsp3) is 0.385. The maximum atomic E-state index is 12.2. The average Bonchev–Trinajstić information content (AvgIpc) is 2.47. The lowest BCUT2D eigenvalue weighted by atomic mass is 9.71. The summed E-state index contributed by atoms with van der Waals surface area (Å²) in [6.45, 7) is 1.69. The van der Waals surface area contributed by atoms with E-state index >= 15 is 0 Å². The Morgan fingerprint density at radius 2 is 1.68 bits per heavy atom. The highest BCUT2D eigenvalue weighted by Crippen LogP contribution is 2.39. The van der Waals surface area contributed by atoms with Gasteiger partial charge in [-0.3, -0.25) is 35.1 Å². The van der Waals surface area contributed by atoms with Crippen LogP contribution in [0.15, 0.2) is 18.2 Å². The van der Waals surface area contributed by atoms with Gasteiger partial charge in [0.15, 0.2) is 0 Å². The van der Waals surface area contributed by atoms with Gasteiger partial charge in [-0.15, -0.1) is 0 Å². The van der Waals surface area contributed by atoms with Gasteiger partial charge >= 0.3 is 0 Å². The molecule has 2 amide bonds. The fourth-order valence-corrected chi connectivity index (χ4v) is 2.65. The molecule has 1 aliphatic heterocycles. The number of carbonyl (C=O) groups excluding carboxylic acids is 2. The molecule has 0 aromatic heterocycles. The van der Waals surface area contributed by atoms with Crippen LogP contribution in [0.1, 0.15) is 31.7 Å². The quantitative estimate of drug-likeness (QED) is 0.510. The highest BCUT2D eigenvalue weighted by Gasteiger charge is 2.44. The average molecular weight is 307 g/mol. The summed E-state index contributed by atoms with van der Waals surface area (Å²) in [4.78, 5) is 44.0. The van der Waals surface area contributed by atoms with Crippen molar-refractivity contribution in [1.82, 2.24) is 5.32 Å². The van der Waals surface area contributed by atoms with Gasteiger partial charge in [0, 0.05) is 18.6 Å². The van der Waals surface area contributed by atoms with Gasteiger partial charge in [-0.1, -0.05) is 6.92 Å². The van der Waals surface area contributed by atoms with Crippen LogP contribution in [0.3, 0.4) is 0 Å². The summed E-state index contributed by atoms with van der Waals surface area (Å²) in [6, 6.07) is 3.16. The number of hydrogen-bond donors (Lipinski definition) is 1. The molecule has 1 heterocycles. The van der Waals surface area contributed by atoms with Crippen molar-refractivity contribution in [3.8, 4) is 0 Å². The summed E-state index contributed by atoms with van der Waals surface area (Å²) in [6.07, 6.45) is 0.507. The number of rotatable bonds is 4. The third-order valence-corrected chi connectivity index (χ3v) is 3.95. The Labute approximate surface area is 124 Å². The molecular formula is C13H13N3O6. The number of nitro benzene ring substituents is 2. The zero-order valence-electron chi connectivity index (χ0n) is 11.7. The van der Waals surface area contributed by atoms with E-state index in [9.17, 15) is 29.8 Å². The van der Waals surface area contributed by atoms with Crippen LogP contribution in [0.4, 0.5) is 11.4 Å². The highest BCUT2D eigenvalue weighted by atomic mass is 16.6. The summed E-state index contributed by atoms with van der Waals surface area (Å²) in [5.74, 6) is -1.00. The molecule has 1 aromatic rings. The first kappa shape index (κ1) is 15.5. The van der Waals surface area contributed by atoms with Crippen molar-refractivity contribution in [2.45, 2.75) is 31.6 Å². The lowest BCUT2D eigenvalue weighted by Crippen LogP contribution is -2.51. The lowest BCUT2D eigenvalue weighted by Gasteiger charge is -2.34. The maximum Gasteiger partial charge on any atom is 0.276 e. The van der Waals surface area contributed by atoms with E-state index in [1.165, 1.54) is 0 Å². The third kappa shape index (κ3) is 2.52. The molecule has 0 radical (unpaired) electrons. The van der Waals surface area contributed by atoms with Gasteiger partial charge in [-0.25, -0.2) is 0 Å². The molecule has 9 heteroatoms. The van der Waals surface area contributed by atoms with Crippen LogP contribution in [-0.2, 0) is 15.0 Å². The van der Waals surface area contributed by atoms with Crippen LogP contribution in [0.2, 0.25) is 0 Å². The number of hydrogen-bond acceptors (Lipinski definition) is 6. The fourth-order valence-electron chi connectivity index (χ4n) is 2.65. The van der Waals surface area contributed by atoms with Crippen molar-refractivity contribution in [3.63, 3.8) is 0 Å². The van der Waals surface area contributed by atoms with Gasteiger partial charge in [0.1, 0.15) is 0 Å². The van der Waals surface area contributed by atoms with Crippen LogP contribution in [-0.4, -0.2) is 21.7 Å². The van der Waals surface area contributed by atoms with E-state index in [-0.39, 0.29) is 24.8 Å². The second kappa shape index (κ2) is 5.51. The second-order valence-electron chi connectivity index (χ2n) is 5.07. The van der Waals surface area contributed by atoms with Crippen LogP contribution in [0, 0.1) is 20.2 Å². The van der Waals surface area contributed by atoms with Crippen molar-refractivity contribution in [2.24, 2.45) is 0 Å². The molecule has 1 unspecified atom stereocenters. The number of imide groups is 1. The van der Waals surface area contributed by atoms with E-state index in [0.717, 1.165) is 18.2 Å². The molecule has 9 nitrogen and oxygen atoms in total. The largest absolute Gasteiger partial charge is 0.296 e. The van der Waals surface area contributed by atoms with E-state index in [2.05, 4.69) is 5.32 Å². The number of piperidine rings is 1. The Morgan fingerprint density at radius 3 is 2.09 bits per heavy atom. The number of nitro groups is 2. The monoisotopic (exact) mass is 307 g/mol. The molecule has 0 aliphatic carbocycles. The van der Waals surface area contributed by atoms with E-state index in [0.29, 0.717) is 0 Å². The lowest BCUT2D eigenvalue weighted by molar-refractivity contribution is -0.394. The molecule has 1 N–H and O–H groups in total. The topological polar surface area (TPSA) is 132 Å². The number of amides is 2. The number of nitrogens with one attached hydrogen (secondary N) is 1. The molecule has 1 fully saturated rings. The molecule has 1 saturated heterocycles. The zero-order valence-corrected chi connectivity index (χ0v) is 11.7. The Bertz CT molecular complexity index is 654. The SMILES string of the molecule is CCC1(c2cc([N+](=O)[O-])cc([N+](=O)[O-])c2)CCC(=O)NC1=O. The summed E-state index contributed by atoms with van der Waals surface area (Å²) < 4.78 is 0. The predicted molar refractivity (Wildman–Crippen MR) is 74.1 cm³/mol. The molecule has 0 bridgehead atoms. The number of nitrogens with zero attached hydrogens (tertiary/aromatic N) is 2. The predicted octanol–water partition coefficient (Wildman–Crippen LogP) is 1.59. The summed E-state index contributed by atoms with van der Waals surface area (Å²) in [5.41, 5.74) is -1.91. The first-order chi connectivity index (χ1) is 10.3. The number of benzene rings is 1. The molecule has 1 aliphatic rings. The van der Waals surface area contributed by atoms with Crippen LogP contribution in [0.5, 0.6) is 0 Å². The Kier molecular flexibility index (Phi) is 3.89. The maximum absolute atomic E-state index is 12.2. The van der Waals surface area contributed by atoms with E-state index in [4.69, 9.17) is 0 Å². The standard InChI is InChI=1S/C13H13N3O6/c1-2-13(4-3-11(17)14-12(13)18)8-5-9(15(19)20)7-10(6-8)16(21)22/h5-7H,2-4H2,1H3,(H,14,17,18). The second-order valence-corrected chi connectivity index (χ2v) is 5.07. The van der Waals surface area contributed by atoms with Crippen molar-refractivity contribution >= 4 is 23.2 Å². The smallest absolute Gasteiger partial charge is 0.276 e. The van der Waals surface area contributed by atoms with E-state index in [1.807, 2.05) is 0 Å². The third-order valence-electron chi connectivity index (χ3n) is 3.95. The van der Waals surface area contributed by atoms with Crippen molar-refractivity contribution in [1.29, 1.82) is 0 Å². The van der Waals surface area contributed by atoms with E-state index in [1.54, 1.807) is 6.92 Å². The molecule has 1 aromatic carbocycles. The van der Waals surface area contributed by atoms with Crippen molar-refractivity contribution in [2.75, 3.05) is 0 Å². The van der Waals surface area contributed by atoms with Gasteiger partial charge in [-0.05, 0) is 18.4 Å². The van der Waals surface area contributed by atoms with Gasteiger partial charge < -0.3 is 0 Å². The summed E-state index contributed by atoms with van der Waals surface area (Å²) >= 11 is 0. The molecule has 22 heavy (non-hydrogen) atoms. The zero-order chi connectivity index (χ0) is 16.5. The number of non-ortho nitro benzene ring substituents is 2. The van der Waals surface area contributed by atoms with Crippen molar-refractivity contribution < 1.29 is 19.4 Å². The summed E-state index contributed by atoms with van der Waals surface area (Å²) in [5, 5.41) is 24.1. The van der Waals surface area contributed by atoms with Crippen LogP contribution in [0.25, 0.3) is 0 Å². The molecule has 116 valence electrons. The molecule has 0 saturated carbocycles. The highest BCUT2D eigenvalue weighted by molar-refractivity contribution is 6.03. The normalized spacial score (nSPS) is 21.3. The Morgan fingerprint density at radius 1 is 1.14 bits per heavy atom. The minimum atomic E-state index is -1.18. The van der Waals surface area contributed by atoms with Crippen molar-refractivity contribution in [3.05, 3.63) is 44.0 Å². The van der Waals surface area contributed by atoms with Crippen LogP contribution >= 0.6 is 0 Å². The minimum Gasteiger partial charge on any atom is -0.296 e. The Balaban J connectivity index is 2.62. The molecular weight excluding hydrogens is 294 g/mol.